The first-order valence-electron chi connectivity index (χ1n) is 6.30. The van der Waals surface area contributed by atoms with Gasteiger partial charge in [0.05, 0.1) is 5.69 Å². The fraction of sp³-hybridized carbons (Fsp3) is 0.357. The van der Waals surface area contributed by atoms with Gasteiger partial charge in [-0.05, 0) is 31.2 Å². The molecular formula is C14H16BrFN2S. The molecule has 0 aliphatic carbocycles. The molecule has 1 aromatic heterocycles. The van der Waals surface area contributed by atoms with Gasteiger partial charge >= 0.3 is 0 Å². The molecule has 0 bridgehead atoms. The number of aromatic nitrogens is 1. The summed E-state index contributed by atoms with van der Waals surface area (Å²) in [5, 5.41) is 4.05. The van der Waals surface area contributed by atoms with Gasteiger partial charge < -0.3 is 5.32 Å². The number of rotatable bonds is 5. The summed E-state index contributed by atoms with van der Waals surface area (Å²) in [7, 11) is 0. The van der Waals surface area contributed by atoms with Crippen LogP contribution >= 0.6 is 27.3 Å². The van der Waals surface area contributed by atoms with E-state index >= 15 is 0 Å². The molecule has 1 heterocycles. The molecule has 0 atom stereocenters. The van der Waals surface area contributed by atoms with Crippen molar-refractivity contribution in [2.24, 2.45) is 0 Å². The minimum absolute atomic E-state index is 0.227. The van der Waals surface area contributed by atoms with E-state index in [0.29, 0.717) is 5.56 Å². The van der Waals surface area contributed by atoms with E-state index in [1.54, 1.807) is 23.5 Å². The second-order valence-corrected chi connectivity index (χ2v) is 6.15. The molecule has 1 aromatic carbocycles. The molecule has 2 rings (SSSR count). The molecule has 2 aromatic rings. The monoisotopic (exact) mass is 342 g/mol. The Balaban J connectivity index is 2.39. The predicted octanol–water partition coefficient (Wildman–Crippen LogP) is 4.38. The van der Waals surface area contributed by atoms with Crippen LogP contribution in [0, 0.1) is 5.82 Å². The van der Waals surface area contributed by atoms with Crippen LogP contribution in [0.1, 0.15) is 24.4 Å². The van der Waals surface area contributed by atoms with E-state index in [1.807, 2.05) is 0 Å². The summed E-state index contributed by atoms with van der Waals surface area (Å²) in [5.74, 6) is -0.227. The van der Waals surface area contributed by atoms with Crippen LogP contribution in [0.5, 0.6) is 0 Å². The molecule has 0 fully saturated rings. The fourth-order valence-corrected chi connectivity index (χ4v) is 3.31. The maximum atomic E-state index is 13.9. The molecule has 102 valence electrons. The zero-order valence-electron chi connectivity index (χ0n) is 11.0. The Morgan fingerprint density at radius 2 is 2.16 bits per heavy atom. The lowest BCUT2D eigenvalue weighted by Crippen LogP contribution is -2.11. The van der Waals surface area contributed by atoms with E-state index in [9.17, 15) is 4.39 Å². The quantitative estimate of drug-likeness (QED) is 0.871. The molecule has 0 amide bonds. The lowest BCUT2D eigenvalue weighted by atomic mass is 10.2. The number of thiazole rings is 1. The van der Waals surface area contributed by atoms with Crippen LogP contribution < -0.4 is 5.32 Å². The predicted molar refractivity (Wildman–Crippen MR) is 82.0 cm³/mol. The number of nitrogens with one attached hydrogen (secondary N) is 1. The highest BCUT2D eigenvalue weighted by molar-refractivity contribution is 9.10. The first-order valence-corrected chi connectivity index (χ1v) is 7.91. The topological polar surface area (TPSA) is 24.9 Å². The van der Waals surface area contributed by atoms with Crippen molar-refractivity contribution in [2.45, 2.75) is 26.8 Å². The highest BCUT2D eigenvalue weighted by Gasteiger charge is 2.14. The van der Waals surface area contributed by atoms with Crippen molar-refractivity contribution in [3.8, 4) is 10.6 Å². The molecule has 0 unspecified atom stereocenters. The van der Waals surface area contributed by atoms with Gasteiger partial charge in [0.15, 0.2) is 0 Å². The summed E-state index contributed by atoms with van der Waals surface area (Å²) in [6, 6.07) is 4.95. The van der Waals surface area contributed by atoms with E-state index in [-0.39, 0.29) is 5.82 Å². The van der Waals surface area contributed by atoms with Gasteiger partial charge in [-0.25, -0.2) is 9.37 Å². The third-order valence-electron chi connectivity index (χ3n) is 2.81. The van der Waals surface area contributed by atoms with E-state index in [1.165, 1.54) is 10.9 Å². The molecule has 0 saturated heterocycles. The molecular weight excluding hydrogens is 327 g/mol. The molecule has 0 radical (unpaired) electrons. The van der Waals surface area contributed by atoms with Crippen molar-refractivity contribution in [1.29, 1.82) is 0 Å². The summed E-state index contributed by atoms with van der Waals surface area (Å²) in [6.45, 7) is 5.86. The van der Waals surface area contributed by atoms with E-state index in [4.69, 9.17) is 0 Å². The van der Waals surface area contributed by atoms with Crippen molar-refractivity contribution in [3.63, 3.8) is 0 Å². The van der Waals surface area contributed by atoms with Gasteiger partial charge in [0, 0.05) is 21.5 Å². The molecule has 5 heteroatoms. The Bertz CT molecular complexity index is 569. The number of hydrogen-bond acceptors (Lipinski definition) is 3. The van der Waals surface area contributed by atoms with Crippen molar-refractivity contribution in [1.82, 2.24) is 10.3 Å². The maximum absolute atomic E-state index is 13.9. The summed E-state index contributed by atoms with van der Waals surface area (Å²) in [6.07, 6.45) is 0.868. The van der Waals surface area contributed by atoms with Gasteiger partial charge in [-0.15, -0.1) is 11.3 Å². The van der Waals surface area contributed by atoms with Gasteiger partial charge in [0.25, 0.3) is 0 Å². The molecule has 0 aliphatic rings. The maximum Gasteiger partial charge on any atom is 0.133 e. The van der Waals surface area contributed by atoms with Gasteiger partial charge in [0.1, 0.15) is 10.8 Å². The first-order chi connectivity index (χ1) is 9.15. The van der Waals surface area contributed by atoms with Crippen molar-refractivity contribution >= 4 is 27.3 Å². The Morgan fingerprint density at radius 1 is 1.37 bits per heavy atom. The summed E-state index contributed by atoms with van der Waals surface area (Å²) in [5.41, 5.74) is 1.62. The average Bonchev–Trinajstić information content (AvgIpc) is 2.82. The first kappa shape index (κ1) is 14.6. The summed E-state index contributed by atoms with van der Waals surface area (Å²) in [4.78, 5) is 5.76. The summed E-state index contributed by atoms with van der Waals surface area (Å²) >= 11 is 4.94. The lowest BCUT2D eigenvalue weighted by Gasteiger charge is -1.99. The molecule has 1 N–H and O–H groups in total. The smallest absolute Gasteiger partial charge is 0.133 e. The average molecular weight is 343 g/mol. The van der Waals surface area contributed by atoms with Crippen LogP contribution in [0.25, 0.3) is 10.6 Å². The molecule has 2 nitrogen and oxygen atoms in total. The SMILES string of the molecule is CCNCc1sc(-c2cc(Br)ccc2F)nc1CC. The van der Waals surface area contributed by atoms with Crippen LogP contribution in [0.2, 0.25) is 0 Å². The summed E-state index contributed by atoms with van der Waals surface area (Å²) < 4.78 is 14.7. The van der Waals surface area contributed by atoms with E-state index in [0.717, 1.165) is 34.7 Å². The molecule has 0 aliphatic heterocycles. The number of nitrogens with zero attached hydrogens (tertiary/aromatic N) is 1. The fourth-order valence-electron chi connectivity index (χ4n) is 1.81. The van der Waals surface area contributed by atoms with Crippen molar-refractivity contribution < 1.29 is 4.39 Å². The zero-order valence-corrected chi connectivity index (χ0v) is 13.4. The van der Waals surface area contributed by atoms with Crippen LogP contribution in [-0.4, -0.2) is 11.5 Å². The second-order valence-electron chi connectivity index (χ2n) is 4.15. The largest absolute Gasteiger partial charge is 0.312 e. The highest BCUT2D eigenvalue weighted by atomic mass is 79.9. The number of benzene rings is 1. The van der Waals surface area contributed by atoms with Crippen LogP contribution in [0.4, 0.5) is 4.39 Å². The normalized spacial score (nSPS) is 10.9. The van der Waals surface area contributed by atoms with Crippen molar-refractivity contribution in [2.75, 3.05) is 6.54 Å². The highest BCUT2D eigenvalue weighted by Crippen LogP contribution is 2.32. The Hall–Kier alpha value is -0.780. The second kappa shape index (κ2) is 6.59. The number of aryl methyl sites for hydroxylation is 1. The van der Waals surface area contributed by atoms with Gasteiger partial charge in [0.2, 0.25) is 0 Å². The van der Waals surface area contributed by atoms with Gasteiger partial charge in [-0.2, -0.15) is 0 Å². The van der Waals surface area contributed by atoms with Gasteiger partial charge in [-0.3, -0.25) is 0 Å². The van der Waals surface area contributed by atoms with Crippen molar-refractivity contribution in [3.05, 3.63) is 39.1 Å². The zero-order chi connectivity index (χ0) is 13.8. The minimum Gasteiger partial charge on any atom is -0.312 e. The lowest BCUT2D eigenvalue weighted by molar-refractivity contribution is 0.631. The molecule has 19 heavy (non-hydrogen) atoms. The Labute approximate surface area is 125 Å². The number of halogens is 2. The van der Waals surface area contributed by atoms with E-state index < -0.39 is 0 Å². The third kappa shape index (κ3) is 3.41. The molecule has 0 spiro atoms. The Morgan fingerprint density at radius 3 is 2.84 bits per heavy atom. The van der Waals surface area contributed by atoms with E-state index in [2.05, 4.69) is 40.1 Å². The standard InChI is InChI=1S/C14H16BrFN2S/c1-3-12-13(8-17-4-2)19-14(18-12)10-7-9(15)5-6-11(10)16/h5-7,17H,3-4,8H2,1-2H3. The third-order valence-corrected chi connectivity index (χ3v) is 4.43. The van der Waals surface area contributed by atoms with Gasteiger partial charge in [-0.1, -0.05) is 29.8 Å². The molecule has 0 saturated carbocycles. The van der Waals surface area contributed by atoms with Crippen LogP contribution in [0.3, 0.4) is 0 Å². The minimum atomic E-state index is -0.227. The van der Waals surface area contributed by atoms with Crippen LogP contribution in [-0.2, 0) is 13.0 Å². The number of hydrogen-bond donors (Lipinski definition) is 1. The Kier molecular flexibility index (Phi) is 5.07. The van der Waals surface area contributed by atoms with Crippen LogP contribution in [0.15, 0.2) is 22.7 Å².